The first kappa shape index (κ1) is 23.8. The molecular formula is C26H34N4O5. The highest BCUT2D eigenvalue weighted by atomic mass is 16.5. The van der Waals surface area contributed by atoms with Crippen LogP contribution >= 0.6 is 0 Å². The molecule has 0 spiro atoms. The summed E-state index contributed by atoms with van der Waals surface area (Å²) in [5, 5.41) is 14.0. The van der Waals surface area contributed by atoms with Crippen molar-refractivity contribution < 1.29 is 24.2 Å². The number of hydrogen-bond donors (Lipinski definition) is 1. The van der Waals surface area contributed by atoms with Gasteiger partial charge in [0.2, 0.25) is 5.91 Å². The quantitative estimate of drug-likeness (QED) is 0.672. The number of carbonyl (C=O) groups excluding carboxylic acids is 2. The maximum atomic E-state index is 13.2. The molecule has 188 valence electrons. The molecule has 0 bridgehead atoms. The number of aryl methyl sites for hydroxylation is 1. The van der Waals surface area contributed by atoms with E-state index in [-0.39, 0.29) is 37.2 Å². The van der Waals surface area contributed by atoms with E-state index in [1.807, 2.05) is 36.1 Å². The minimum atomic E-state index is -0.359. The van der Waals surface area contributed by atoms with E-state index in [0.717, 1.165) is 54.7 Å². The number of aliphatic hydroxyl groups excluding tert-OH is 1. The van der Waals surface area contributed by atoms with E-state index in [0.29, 0.717) is 38.5 Å². The lowest BCUT2D eigenvalue weighted by atomic mass is 10.1. The molecule has 3 aliphatic rings. The number of morpholine rings is 1. The largest absolute Gasteiger partial charge is 0.490 e. The fourth-order valence-electron chi connectivity index (χ4n) is 5.30. The van der Waals surface area contributed by atoms with Gasteiger partial charge in [0, 0.05) is 50.3 Å². The number of nitrogens with zero attached hydrogens (tertiary/aromatic N) is 4. The molecule has 1 atom stereocenters. The molecule has 9 nitrogen and oxygen atoms in total. The van der Waals surface area contributed by atoms with Gasteiger partial charge < -0.3 is 24.4 Å². The lowest BCUT2D eigenvalue weighted by Crippen LogP contribution is -2.47. The number of likely N-dealkylation sites (tertiary alicyclic amines) is 1. The highest BCUT2D eigenvalue weighted by Crippen LogP contribution is 2.27. The molecule has 1 aromatic carbocycles. The van der Waals surface area contributed by atoms with Crippen LogP contribution in [0, 0.1) is 6.92 Å². The van der Waals surface area contributed by atoms with Crippen molar-refractivity contribution in [2.24, 2.45) is 0 Å². The van der Waals surface area contributed by atoms with E-state index in [2.05, 4.69) is 5.10 Å². The van der Waals surface area contributed by atoms with Crippen LogP contribution in [0.4, 0.5) is 0 Å². The van der Waals surface area contributed by atoms with Gasteiger partial charge in [0.25, 0.3) is 5.91 Å². The number of amides is 2. The van der Waals surface area contributed by atoms with Crippen LogP contribution in [0.5, 0.6) is 5.75 Å². The van der Waals surface area contributed by atoms with E-state index in [1.54, 1.807) is 9.58 Å². The van der Waals surface area contributed by atoms with Gasteiger partial charge >= 0.3 is 0 Å². The number of hydrogen-bond acceptors (Lipinski definition) is 6. The zero-order chi connectivity index (χ0) is 24.4. The lowest BCUT2D eigenvalue weighted by molar-refractivity contribution is -0.133. The van der Waals surface area contributed by atoms with Gasteiger partial charge in [0.15, 0.2) is 5.69 Å². The first-order valence-electron chi connectivity index (χ1n) is 12.6. The molecule has 0 radical (unpaired) electrons. The minimum absolute atomic E-state index is 0.0299. The second-order valence-corrected chi connectivity index (χ2v) is 9.68. The SMILES string of the molecule is Cc1ccccc1OC1CCN(C(=O)Cn2nc(C(=O)N3CCO[C@@H](CO)C3)c3c2CCC3)CC1. The molecular weight excluding hydrogens is 448 g/mol. The van der Waals surface area contributed by atoms with Gasteiger partial charge in [-0.15, -0.1) is 0 Å². The van der Waals surface area contributed by atoms with Crippen molar-refractivity contribution in [3.05, 3.63) is 46.8 Å². The number of ether oxygens (including phenoxy) is 2. The van der Waals surface area contributed by atoms with Crippen molar-refractivity contribution in [3.63, 3.8) is 0 Å². The van der Waals surface area contributed by atoms with Crippen molar-refractivity contribution in [2.45, 2.75) is 57.8 Å². The molecule has 2 aromatic rings. The molecule has 5 rings (SSSR count). The van der Waals surface area contributed by atoms with E-state index >= 15 is 0 Å². The van der Waals surface area contributed by atoms with Gasteiger partial charge in [-0.3, -0.25) is 14.3 Å². The zero-order valence-electron chi connectivity index (χ0n) is 20.3. The topological polar surface area (TPSA) is 97.1 Å². The molecule has 2 fully saturated rings. The Bertz CT molecular complexity index is 1080. The maximum absolute atomic E-state index is 13.2. The summed E-state index contributed by atoms with van der Waals surface area (Å²) in [6, 6.07) is 8.01. The summed E-state index contributed by atoms with van der Waals surface area (Å²) in [5.74, 6) is 0.805. The Labute approximate surface area is 205 Å². The van der Waals surface area contributed by atoms with E-state index in [4.69, 9.17) is 9.47 Å². The number of benzene rings is 1. The molecule has 0 unspecified atom stereocenters. The molecule has 1 N–H and O–H groups in total. The summed E-state index contributed by atoms with van der Waals surface area (Å²) in [7, 11) is 0. The standard InChI is InChI=1S/C26H34N4O5/c1-18-5-2-3-8-23(18)35-19-9-11-28(12-10-19)24(32)16-30-22-7-4-6-21(22)25(27-30)26(33)29-13-14-34-20(15-29)17-31/h2-3,5,8,19-20,31H,4,6-7,9-17H2,1H3/t20-/m1/s1. The Morgan fingerprint density at radius 3 is 2.71 bits per heavy atom. The second kappa shape index (κ2) is 10.4. The number of fused-ring (bicyclic) bond motifs is 1. The van der Waals surface area contributed by atoms with Gasteiger partial charge in [-0.25, -0.2) is 0 Å². The van der Waals surface area contributed by atoms with Crippen LogP contribution in [0.1, 0.15) is 46.6 Å². The van der Waals surface area contributed by atoms with Crippen molar-refractivity contribution in [2.75, 3.05) is 39.4 Å². The summed E-state index contributed by atoms with van der Waals surface area (Å²) >= 11 is 0. The predicted octanol–water partition coefficient (Wildman–Crippen LogP) is 1.58. The Hall–Kier alpha value is -2.91. The lowest BCUT2D eigenvalue weighted by Gasteiger charge is -2.32. The normalized spacial score (nSPS) is 20.7. The molecule has 2 amide bonds. The first-order valence-corrected chi connectivity index (χ1v) is 12.6. The summed E-state index contributed by atoms with van der Waals surface area (Å²) < 4.78 is 13.4. The van der Waals surface area contributed by atoms with Crippen LogP contribution in [-0.2, 0) is 28.9 Å². The van der Waals surface area contributed by atoms with Crippen molar-refractivity contribution >= 4 is 11.8 Å². The number of aliphatic hydroxyl groups is 1. The number of piperidine rings is 1. The highest BCUT2D eigenvalue weighted by Gasteiger charge is 2.33. The monoisotopic (exact) mass is 482 g/mol. The number of rotatable bonds is 6. The average molecular weight is 483 g/mol. The molecule has 2 aliphatic heterocycles. The van der Waals surface area contributed by atoms with Crippen LogP contribution in [0.25, 0.3) is 0 Å². The summed E-state index contributed by atoms with van der Waals surface area (Å²) in [4.78, 5) is 30.0. The molecule has 3 heterocycles. The highest BCUT2D eigenvalue weighted by molar-refractivity contribution is 5.94. The number of carbonyl (C=O) groups is 2. The Morgan fingerprint density at radius 2 is 1.94 bits per heavy atom. The fraction of sp³-hybridized carbons (Fsp3) is 0.577. The molecule has 35 heavy (non-hydrogen) atoms. The van der Waals surface area contributed by atoms with Crippen molar-refractivity contribution in [1.82, 2.24) is 19.6 Å². The zero-order valence-corrected chi connectivity index (χ0v) is 20.3. The molecule has 1 aromatic heterocycles. The molecule has 0 saturated carbocycles. The third-order valence-electron chi connectivity index (χ3n) is 7.31. The van der Waals surface area contributed by atoms with E-state index in [1.165, 1.54) is 0 Å². The maximum Gasteiger partial charge on any atom is 0.274 e. The molecule has 2 saturated heterocycles. The summed E-state index contributed by atoms with van der Waals surface area (Å²) in [5.41, 5.74) is 3.55. The van der Waals surface area contributed by atoms with Gasteiger partial charge in [0.05, 0.1) is 19.3 Å². The van der Waals surface area contributed by atoms with E-state index in [9.17, 15) is 14.7 Å². The van der Waals surface area contributed by atoms with Crippen LogP contribution in [0.3, 0.4) is 0 Å². The van der Waals surface area contributed by atoms with Gasteiger partial charge in [-0.05, 0) is 37.8 Å². The first-order chi connectivity index (χ1) is 17.0. The van der Waals surface area contributed by atoms with Crippen LogP contribution in [-0.4, -0.2) is 88.1 Å². The third kappa shape index (κ3) is 5.06. The van der Waals surface area contributed by atoms with E-state index < -0.39 is 0 Å². The van der Waals surface area contributed by atoms with Gasteiger partial charge in [-0.2, -0.15) is 5.10 Å². The Morgan fingerprint density at radius 1 is 1.14 bits per heavy atom. The molecule has 9 heteroatoms. The Balaban J connectivity index is 1.21. The van der Waals surface area contributed by atoms with Crippen LogP contribution in [0.2, 0.25) is 0 Å². The van der Waals surface area contributed by atoms with Crippen LogP contribution < -0.4 is 4.74 Å². The number of aromatic nitrogens is 2. The van der Waals surface area contributed by atoms with Crippen molar-refractivity contribution in [3.8, 4) is 5.75 Å². The summed E-state index contributed by atoms with van der Waals surface area (Å²) in [6.45, 7) is 4.63. The minimum Gasteiger partial charge on any atom is -0.490 e. The van der Waals surface area contributed by atoms with Crippen LogP contribution in [0.15, 0.2) is 24.3 Å². The average Bonchev–Trinajstić information content (AvgIpc) is 3.49. The van der Waals surface area contributed by atoms with Crippen molar-refractivity contribution in [1.29, 1.82) is 0 Å². The number of para-hydroxylation sites is 1. The second-order valence-electron chi connectivity index (χ2n) is 9.68. The van der Waals surface area contributed by atoms with Gasteiger partial charge in [0.1, 0.15) is 18.4 Å². The van der Waals surface area contributed by atoms with Gasteiger partial charge in [-0.1, -0.05) is 18.2 Å². The fourth-order valence-corrected chi connectivity index (χ4v) is 5.30. The predicted molar refractivity (Wildman–Crippen MR) is 128 cm³/mol. The smallest absolute Gasteiger partial charge is 0.274 e. The third-order valence-corrected chi connectivity index (χ3v) is 7.31. The Kier molecular flexibility index (Phi) is 7.06. The summed E-state index contributed by atoms with van der Waals surface area (Å²) in [6.07, 6.45) is 3.94. The molecule has 1 aliphatic carbocycles.